The maximum atomic E-state index is 13.5. The average molecular weight is 463 g/mol. The molecule has 1 N–H and O–H groups in total. The van der Waals surface area contributed by atoms with E-state index in [2.05, 4.69) is 39.1 Å². The Kier molecular flexibility index (Phi) is 7.54. The number of anilines is 2. The van der Waals surface area contributed by atoms with Crippen molar-refractivity contribution in [1.82, 2.24) is 0 Å². The van der Waals surface area contributed by atoms with Gasteiger partial charge in [0.1, 0.15) is 12.2 Å². The molecule has 1 aliphatic heterocycles. The van der Waals surface area contributed by atoms with Gasteiger partial charge in [0, 0.05) is 11.3 Å². The lowest BCUT2D eigenvalue weighted by atomic mass is 9.88. The van der Waals surface area contributed by atoms with Gasteiger partial charge in [-0.3, -0.25) is 9.59 Å². The molecule has 3 rings (SSSR count). The minimum absolute atomic E-state index is 0.229. The summed E-state index contributed by atoms with van der Waals surface area (Å²) in [6.45, 7) is 17.0. The van der Waals surface area contributed by atoms with Gasteiger partial charge in [0.05, 0.1) is 17.8 Å². The molecule has 182 valence electrons. The quantitative estimate of drug-likeness (QED) is 0.456. The van der Waals surface area contributed by atoms with Crippen LogP contribution in [0.15, 0.2) is 42.5 Å². The monoisotopic (exact) mass is 462 g/mol. The van der Waals surface area contributed by atoms with Crippen molar-refractivity contribution in [2.24, 2.45) is 0 Å². The van der Waals surface area contributed by atoms with Crippen molar-refractivity contribution < 1.29 is 14.3 Å². The number of nitrogens with zero attached hydrogens (tertiary/aromatic N) is 1. The van der Waals surface area contributed by atoms with Crippen LogP contribution in [-0.2, 0) is 9.59 Å². The molecule has 5 heteroatoms. The minimum atomic E-state index is -0.555. The van der Waals surface area contributed by atoms with Crippen LogP contribution in [0.2, 0.25) is 0 Å². The van der Waals surface area contributed by atoms with Crippen LogP contribution in [0.4, 0.5) is 11.4 Å². The van der Waals surface area contributed by atoms with E-state index >= 15 is 0 Å². The molecule has 0 bridgehead atoms. The molecule has 1 aliphatic rings. The summed E-state index contributed by atoms with van der Waals surface area (Å²) >= 11 is 0. The highest BCUT2D eigenvalue weighted by Gasteiger charge is 2.36. The van der Waals surface area contributed by atoms with Crippen molar-refractivity contribution in [1.29, 1.82) is 0 Å². The van der Waals surface area contributed by atoms with E-state index in [9.17, 15) is 9.59 Å². The number of carbonyl (C=O) groups excluding carboxylic acids is 2. The Morgan fingerprint density at radius 2 is 1.65 bits per heavy atom. The van der Waals surface area contributed by atoms with Crippen LogP contribution in [-0.4, -0.2) is 24.0 Å². The summed E-state index contributed by atoms with van der Waals surface area (Å²) < 4.78 is 5.67. The largest absolute Gasteiger partial charge is 0.494 e. The third-order valence-corrected chi connectivity index (χ3v) is 6.29. The highest BCUT2D eigenvalue weighted by atomic mass is 16.5. The highest BCUT2D eigenvalue weighted by molar-refractivity contribution is 6.11. The Morgan fingerprint density at radius 1 is 1.03 bits per heavy atom. The summed E-state index contributed by atoms with van der Waals surface area (Å²) in [5.74, 6) is 0.750. The second-order valence-electron chi connectivity index (χ2n) is 10.2. The van der Waals surface area contributed by atoms with Crippen molar-refractivity contribution in [3.05, 3.63) is 59.2 Å². The van der Waals surface area contributed by atoms with Gasteiger partial charge < -0.3 is 15.0 Å². The number of hydrogen-bond donors (Lipinski definition) is 1. The molecule has 5 nitrogen and oxygen atoms in total. The molecule has 2 aromatic rings. The Balaban J connectivity index is 1.90. The number of nitrogens with one attached hydrogen (secondary N) is 1. The fraction of sp³-hybridized carbons (Fsp3) is 0.448. The summed E-state index contributed by atoms with van der Waals surface area (Å²) in [7, 11) is 0. The second-order valence-corrected chi connectivity index (χ2v) is 10.2. The first-order valence-corrected chi connectivity index (χ1v) is 12.2. The van der Waals surface area contributed by atoms with Gasteiger partial charge in [0.25, 0.3) is 0 Å². The Morgan fingerprint density at radius 3 is 2.21 bits per heavy atom. The summed E-state index contributed by atoms with van der Waals surface area (Å²) in [6.07, 6.45) is 1.85. The highest BCUT2D eigenvalue weighted by Crippen LogP contribution is 2.41. The molecule has 0 unspecified atom stereocenters. The number of hydrogen-bond acceptors (Lipinski definition) is 3. The lowest BCUT2D eigenvalue weighted by molar-refractivity contribution is -0.125. The molecule has 0 radical (unpaired) electrons. The predicted molar refractivity (Wildman–Crippen MR) is 141 cm³/mol. The maximum absolute atomic E-state index is 13.5. The third-order valence-electron chi connectivity index (χ3n) is 6.29. The first-order valence-electron chi connectivity index (χ1n) is 12.2. The fourth-order valence-electron chi connectivity index (χ4n) is 4.82. The molecule has 0 saturated heterocycles. The molecule has 2 aromatic carbocycles. The molecule has 0 fully saturated rings. The first-order chi connectivity index (χ1) is 16.0. The van der Waals surface area contributed by atoms with Gasteiger partial charge in [-0.25, -0.2) is 0 Å². The van der Waals surface area contributed by atoms with E-state index < -0.39 is 5.54 Å². The van der Waals surface area contributed by atoms with Crippen LogP contribution in [0.25, 0.3) is 5.57 Å². The van der Waals surface area contributed by atoms with E-state index in [1.54, 1.807) is 4.90 Å². The van der Waals surface area contributed by atoms with Crippen molar-refractivity contribution >= 4 is 28.8 Å². The Hall–Kier alpha value is -3.08. The number of fused-ring (bicyclic) bond motifs is 1. The third kappa shape index (κ3) is 5.19. The molecule has 0 spiro atoms. The number of ether oxygens (including phenoxy) is 1. The van der Waals surface area contributed by atoms with Gasteiger partial charge in [-0.15, -0.1) is 0 Å². The molecule has 1 heterocycles. The molecular formula is C29H38N2O3. The zero-order valence-corrected chi connectivity index (χ0v) is 21.8. The summed E-state index contributed by atoms with van der Waals surface area (Å²) in [4.78, 5) is 28.4. The standard InChI is InChI=1S/C29H38N2O3/c1-9-34-21-13-14-25-24(15-21)20(6)17-29(7,8)31(25)27(33)16-26(32)30-28-22(18(2)3)11-10-12-23(28)19(4)5/h10-15,17-19H,9,16H2,1-8H3,(H,30,32). The number of allylic oxidation sites excluding steroid dienone is 1. The van der Waals surface area contributed by atoms with Crippen molar-refractivity contribution in [2.45, 2.75) is 79.2 Å². The fourth-order valence-corrected chi connectivity index (χ4v) is 4.82. The molecular weight excluding hydrogens is 424 g/mol. The van der Waals surface area contributed by atoms with Crippen LogP contribution >= 0.6 is 0 Å². The van der Waals surface area contributed by atoms with E-state index in [0.717, 1.165) is 39.4 Å². The lowest BCUT2D eigenvalue weighted by Crippen LogP contribution is -2.49. The van der Waals surface area contributed by atoms with Crippen molar-refractivity contribution in [2.75, 3.05) is 16.8 Å². The van der Waals surface area contributed by atoms with Crippen LogP contribution in [0.3, 0.4) is 0 Å². The van der Waals surface area contributed by atoms with Gasteiger partial charge in [-0.2, -0.15) is 0 Å². The van der Waals surface area contributed by atoms with Crippen LogP contribution in [0.5, 0.6) is 5.75 Å². The average Bonchev–Trinajstić information content (AvgIpc) is 2.73. The number of rotatable bonds is 7. The Labute approximate surface area is 204 Å². The van der Waals surface area contributed by atoms with Gasteiger partial charge in [-0.05, 0) is 74.4 Å². The SMILES string of the molecule is CCOc1ccc2c(c1)C(C)=CC(C)(C)N2C(=O)CC(=O)Nc1c(C(C)C)cccc1C(C)C. The molecule has 2 amide bonds. The van der Waals surface area contributed by atoms with Gasteiger partial charge >= 0.3 is 0 Å². The van der Waals surface area contributed by atoms with E-state index in [4.69, 9.17) is 4.74 Å². The molecule has 0 aromatic heterocycles. The Bertz CT molecular complexity index is 1090. The molecule has 0 saturated carbocycles. The summed E-state index contributed by atoms with van der Waals surface area (Å²) in [5, 5.41) is 3.08. The molecule has 0 aliphatic carbocycles. The van der Waals surface area contributed by atoms with Crippen molar-refractivity contribution in [3.63, 3.8) is 0 Å². The summed E-state index contributed by atoms with van der Waals surface area (Å²) in [6, 6.07) is 11.9. The number of para-hydroxylation sites is 1. The minimum Gasteiger partial charge on any atom is -0.494 e. The van der Waals surface area contributed by atoms with E-state index in [1.807, 2.05) is 64.1 Å². The molecule has 34 heavy (non-hydrogen) atoms. The van der Waals surface area contributed by atoms with Gasteiger partial charge in [0.2, 0.25) is 11.8 Å². The van der Waals surface area contributed by atoms with Crippen LogP contribution in [0, 0.1) is 0 Å². The van der Waals surface area contributed by atoms with Gasteiger partial charge in [-0.1, -0.05) is 52.0 Å². The maximum Gasteiger partial charge on any atom is 0.237 e. The zero-order valence-electron chi connectivity index (χ0n) is 21.8. The zero-order chi connectivity index (χ0) is 25.2. The van der Waals surface area contributed by atoms with Gasteiger partial charge in [0.15, 0.2) is 0 Å². The smallest absolute Gasteiger partial charge is 0.237 e. The van der Waals surface area contributed by atoms with E-state index in [-0.39, 0.29) is 30.1 Å². The van der Waals surface area contributed by atoms with E-state index in [0.29, 0.717) is 6.61 Å². The summed E-state index contributed by atoms with van der Waals surface area (Å²) in [5.41, 5.74) is 5.28. The number of amides is 2. The number of benzene rings is 2. The lowest BCUT2D eigenvalue weighted by Gasteiger charge is -2.41. The second kappa shape index (κ2) is 10.0. The topological polar surface area (TPSA) is 58.6 Å². The molecule has 0 atom stereocenters. The van der Waals surface area contributed by atoms with Crippen LogP contribution < -0.4 is 15.0 Å². The normalized spacial score (nSPS) is 14.6. The first kappa shape index (κ1) is 25.5. The van der Waals surface area contributed by atoms with E-state index in [1.165, 1.54) is 0 Å². The predicted octanol–water partition coefficient (Wildman–Crippen LogP) is 6.89. The van der Waals surface area contributed by atoms with Crippen molar-refractivity contribution in [3.8, 4) is 5.75 Å². The van der Waals surface area contributed by atoms with Crippen LogP contribution in [0.1, 0.15) is 90.3 Å². The number of carbonyl (C=O) groups is 2.